The molecule has 0 bridgehead atoms. The highest BCUT2D eigenvalue weighted by molar-refractivity contribution is 6.25. The van der Waals surface area contributed by atoms with Gasteiger partial charge in [0.05, 0.1) is 32.9 Å². The molecule has 0 nitrogen and oxygen atoms in total. The zero-order chi connectivity index (χ0) is 50.7. The molecule has 1 aliphatic carbocycles. The summed E-state index contributed by atoms with van der Waals surface area (Å²) in [5, 5.41) is -3.76. The summed E-state index contributed by atoms with van der Waals surface area (Å²) in [4.78, 5) is 0. The maximum absolute atomic E-state index is 9.92. The van der Waals surface area contributed by atoms with Gasteiger partial charge in [-0.2, -0.15) is 0 Å². The molecule has 0 spiro atoms. The first-order valence-corrected chi connectivity index (χ1v) is 14.0. The second-order valence-corrected chi connectivity index (χ2v) is 11.4. The molecule has 0 amide bonds. The van der Waals surface area contributed by atoms with Crippen molar-refractivity contribution in [2.24, 2.45) is 0 Å². The highest BCUT2D eigenvalue weighted by Crippen LogP contribution is 2.50. The van der Waals surface area contributed by atoms with Gasteiger partial charge in [-0.3, -0.25) is 0 Å². The standard InChI is InChI=1S/C45H30/c1-45(2)40-24-21-33(26-39(40)36-13-5-10-28-11-6-14-41(45)43(28)36)34-12-4-7-27-15-18-32(25-38(27)34)35-22-19-31-17-16-29-8-3-9-30-20-23-37(35)44(31)42(29)30/h3-26H,1-2H3/i3D,4D,5D,6D,7D,8D,9D,10D,11D,12D,13D,14D,15D,16D,17D,18D,19D,20D,21D,22D,23D,24D,25D,26D. The predicted octanol–water partition coefficient (Wildman–Crippen LogP) is 12.5. The van der Waals surface area contributed by atoms with E-state index in [2.05, 4.69) is 0 Å². The van der Waals surface area contributed by atoms with Crippen LogP contribution in [-0.4, -0.2) is 0 Å². The third kappa shape index (κ3) is 3.37. The molecule has 210 valence electrons. The number of hydrogen-bond donors (Lipinski definition) is 0. The van der Waals surface area contributed by atoms with Crippen molar-refractivity contribution < 1.29 is 32.9 Å². The molecule has 0 N–H and O–H groups in total. The van der Waals surface area contributed by atoms with Crippen LogP contribution in [0.15, 0.2) is 145 Å². The van der Waals surface area contributed by atoms with E-state index >= 15 is 0 Å². The van der Waals surface area contributed by atoms with Crippen molar-refractivity contribution in [3.63, 3.8) is 0 Å². The van der Waals surface area contributed by atoms with E-state index in [1.165, 1.54) is 13.8 Å². The minimum absolute atomic E-state index is 0.00558. The fourth-order valence-electron chi connectivity index (χ4n) is 6.41. The average molecular weight is 595 g/mol. The number of benzene rings is 9. The fourth-order valence-corrected chi connectivity index (χ4v) is 6.41. The highest BCUT2D eigenvalue weighted by Gasteiger charge is 2.33. The smallest absolute Gasteiger partial charge is 0.0613 e. The Hall–Kier alpha value is -5.46. The minimum Gasteiger partial charge on any atom is -0.0613 e. The SMILES string of the molecule is [2H]c1c([2H])c2c(c([2H])c1-c1c([2H])c([2H])c([2H])c3c([2H])c([2H])c(-c4c([2H])c([2H])c5c([2H])c([2H])c6c([2H])c([2H])c([2H])c7c([2H])c([2H])c4c5c67)c([2H])c13)-c1c([2H])c([2H])c([2H])c3c([2H])c([2H])c([2H])c(c13)C2(C)C. The van der Waals surface area contributed by atoms with Gasteiger partial charge >= 0.3 is 0 Å². The van der Waals surface area contributed by atoms with E-state index in [4.69, 9.17) is 19.2 Å². The molecule has 0 unspecified atom stereocenters. The lowest BCUT2D eigenvalue weighted by Gasteiger charge is -2.35. The molecule has 9 aromatic rings. The van der Waals surface area contributed by atoms with E-state index in [0.717, 1.165) is 0 Å². The fraction of sp³-hybridized carbons (Fsp3) is 0.0667. The molecule has 0 saturated heterocycles. The molecule has 0 heterocycles. The van der Waals surface area contributed by atoms with Crippen molar-refractivity contribution in [1.29, 1.82) is 0 Å². The molecular formula is C45H30. The zero-order valence-electron chi connectivity index (χ0n) is 47.5. The second-order valence-electron chi connectivity index (χ2n) is 11.4. The molecular weight excluding hydrogens is 540 g/mol. The number of rotatable bonds is 2. The highest BCUT2D eigenvalue weighted by atomic mass is 14.4. The van der Waals surface area contributed by atoms with Crippen LogP contribution in [0, 0.1) is 0 Å². The molecule has 0 fully saturated rings. The average Bonchev–Trinajstić information content (AvgIpc) is 3.29. The van der Waals surface area contributed by atoms with Gasteiger partial charge in [0.25, 0.3) is 0 Å². The van der Waals surface area contributed by atoms with Gasteiger partial charge in [-0.15, -0.1) is 0 Å². The first kappa shape index (κ1) is 11.2. The van der Waals surface area contributed by atoms with Crippen LogP contribution >= 0.6 is 0 Å². The van der Waals surface area contributed by atoms with E-state index in [0.29, 0.717) is 0 Å². The van der Waals surface area contributed by atoms with Crippen LogP contribution in [0.4, 0.5) is 0 Å². The van der Waals surface area contributed by atoms with Crippen molar-refractivity contribution in [2.45, 2.75) is 19.3 Å². The Labute approximate surface area is 296 Å². The van der Waals surface area contributed by atoms with E-state index in [1.807, 2.05) is 0 Å². The van der Waals surface area contributed by atoms with Crippen LogP contribution in [0.5, 0.6) is 0 Å². The van der Waals surface area contributed by atoms with Gasteiger partial charge in [0.1, 0.15) is 0 Å². The summed E-state index contributed by atoms with van der Waals surface area (Å²) < 4.78 is 219. The maximum atomic E-state index is 9.92. The van der Waals surface area contributed by atoms with Crippen molar-refractivity contribution in [1.82, 2.24) is 0 Å². The third-order valence-corrected chi connectivity index (χ3v) is 8.56. The Bertz CT molecular complexity index is 3990. The summed E-state index contributed by atoms with van der Waals surface area (Å²) in [6, 6.07) is -17.8. The van der Waals surface area contributed by atoms with Crippen LogP contribution in [0.1, 0.15) is 57.9 Å². The molecule has 0 aliphatic heterocycles. The topological polar surface area (TPSA) is 0 Å². The Morgan fingerprint density at radius 1 is 0.378 bits per heavy atom. The first-order chi connectivity index (χ1) is 32.1. The van der Waals surface area contributed by atoms with Crippen molar-refractivity contribution in [3.8, 4) is 33.4 Å². The molecule has 1 aliphatic rings. The molecule has 0 radical (unpaired) electrons. The zero-order valence-corrected chi connectivity index (χ0v) is 23.5. The van der Waals surface area contributed by atoms with Gasteiger partial charge in [-0.05, 0) is 110 Å². The molecule has 9 aromatic carbocycles. The van der Waals surface area contributed by atoms with Gasteiger partial charge in [0.2, 0.25) is 0 Å². The quantitative estimate of drug-likeness (QED) is 0.175. The van der Waals surface area contributed by atoms with Crippen LogP contribution < -0.4 is 0 Å². The summed E-state index contributed by atoms with van der Waals surface area (Å²) in [7, 11) is 0. The molecule has 0 atom stereocenters. The molecule has 0 heteroatoms. The lowest BCUT2D eigenvalue weighted by molar-refractivity contribution is 0.645. The lowest BCUT2D eigenvalue weighted by atomic mass is 9.68. The van der Waals surface area contributed by atoms with E-state index in [-0.39, 0.29) is 54.6 Å². The minimum atomic E-state index is -1.56. The number of fused-ring (bicyclic) bond motifs is 3. The van der Waals surface area contributed by atoms with Crippen molar-refractivity contribution in [3.05, 3.63) is 156 Å². The second kappa shape index (κ2) is 8.80. The summed E-state index contributed by atoms with van der Waals surface area (Å²) in [6.07, 6.45) is 0. The lowest BCUT2D eigenvalue weighted by Crippen LogP contribution is -2.23. The summed E-state index contributed by atoms with van der Waals surface area (Å²) >= 11 is 0. The van der Waals surface area contributed by atoms with Crippen LogP contribution in [0.2, 0.25) is 0 Å². The van der Waals surface area contributed by atoms with Gasteiger partial charge in [-0.1, -0.05) is 147 Å². The largest absolute Gasteiger partial charge is 0.0636 e. The van der Waals surface area contributed by atoms with Gasteiger partial charge in [0.15, 0.2) is 0 Å². The molecule has 0 aromatic heterocycles. The van der Waals surface area contributed by atoms with Crippen LogP contribution in [0.25, 0.3) is 87.2 Å². The van der Waals surface area contributed by atoms with E-state index < -0.39 is 194 Å². The van der Waals surface area contributed by atoms with Gasteiger partial charge in [-0.25, -0.2) is 0 Å². The Balaban J connectivity index is 1.44. The first-order valence-electron chi connectivity index (χ1n) is 26.0. The molecule has 45 heavy (non-hydrogen) atoms. The maximum Gasteiger partial charge on any atom is 0.0636 e. The Morgan fingerprint density at radius 3 is 1.76 bits per heavy atom. The van der Waals surface area contributed by atoms with Crippen LogP contribution in [-0.2, 0) is 5.41 Å². The molecule has 0 saturated carbocycles. The van der Waals surface area contributed by atoms with E-state index in [9.17, 15) is 13.7 Å². The third-order valence-electron chi connectivity index (χ3n) is 8.56. The monoisotopic (exact) mass is 594 g/mol. The van der Waals surface area contributed by atoms with Crippen LogP contribution in [0.3, 0.4) is 0 Å². The Kier molecular flexibility index (Phi) is 2.18. The van der Waals surface area contributed by atoms with E-state index in [1.54, 1.807) is 0 Å². The molecule has 10 rings (SSSR count). The van der Waals surface area contributed by atoms with Crippen molar-refractivity contribution >= 4 is 53.9 Å². The Morgan fingerprint density at radius 2 is 0.933 bits per heavy atom. The normalized spacial score (nSPS) is 21.2. The summed E-state index contributed by atoms with van der Waals surface area (Å²) in [5.41, 5.74) is -4.94. The summed E-state index contributed by atoms with van der Waals surface area (Å²) in [5.74, 6) is 0. The van der Waals surface area contributed by atoms with Gasteiger partial charge in [0, 0.05) is 5.41 Å². The predicted molar refractivity (Wildman–Crippen MR) is 194 cm³/mol. The van der Waals surface area contributed by atoms with Crippen molar-refractivity contribution in [2.75, 3.05) is 0 Å². The van der Waals surface area contributed by atoms with Gasteiger partial charge < -0.3 is 0 Å². The summed E-state index contributed by atoms with van der Waals surface area (Å²) in [6.45, 7) is 3.05. The number of hydrogen-bond acceptors (Lipinski definition) is 0.